The third kappa shape index (κ3) is 3.18. The number of aryl methyl sites for hydroxylation is 3. The summed E-state index contributed by atoms with van der Waals surface area (Å²) in [5, 5.41) is 1.29. The second-order valence-electron chi connectivity index (χ2n) is 6.65. The second kappa shape index (κ2) is 7.01. The molecular formula is C24H21NO. The molecule has 1 heterocycles. The molecule has 128 valence electrons. The summed E-state index contributed by atoms with van der Waals surface area (Å²) in [4.78, 5) is 12.5. The van der Waals surface area contributed by atoms with Gasteiger partial charge in [-0.15, -0.1) is 0 Å². The van der Waals surface area contributed by atoms with Gasteiger partial charge >= 0.3 is 0 Å². The third-order valence-electron chi connectivity index (χ3n) is 4.97. The Bertz CT molecular complexity index is 1040. The van der Waals surface area contributed by atoms with Crippen LogP contribution in [0, 0.1) is 0 Å². The summed E-state index contributed by atoms with van der Waals surface area (Å²) in [6.45, 7) is 0. The van der Waals surface area contributed by atoms with Crippen LogP contribution in [0.25, 0.3) is 10.9 Å². The van der Waals surface area contributed by atoms with E-state index in [9.17, 15) is 4.79 Å². The molecule has 0 amide bonds. The average Bonchev–Trinajstić information content (AvgIpc) is 3.03. The fourth-order valence-corrected chi connectivity index (χ4v) is 3.44. The van der Waals surface area contributed by atoms with E-state index in [1.807, 2.05) is 42.5 Å². The van der Waals surface area contributed by atoms with Gasteiger partial charge in [-0.3, -0.25) is 4.79 Å². The first kappa shape index (κ1) is 16.3. The molecule has 0 spiro atoms. The molecule has 0 aliphatic heterocycles. The molecule has 0 saturated heterocycles. The Labute approximate surface area is 153 Å². The van der Waals surface area contributed by atoms with E-state index in [4.69, 9.17) is 0 Å². The van der Waals surface area contributed by atoms with Crippen LogP contribution in [0.4, 0.5) is 0 Å². The van der Waals surface area contributed by atoms with Crippen LogP contribution in [0.2, 0.25) is 0 Å². The van der Waals surface area contributed by atoms with Crippen LogP contribution in [0.3, 0.4) is 0 Å². The minimum absolute atomic E-state index is 0.0748. The Morgan fingerprint density at radius 2 is 1.42 bits per heavy atom. The van der Waals surface area contributed by atoms with Crippen molar-refractivity contribution in [3.05, 3.63) is 107 Å². The smallest absolute Gasteiger partial charge is 0.193 e. The first-order valence-electron chi connectivity index (χ1n) is 8.94. The van der Waals surface area contributed by atoms with Crippen molar-refractivity contribution >= 4 is 16.7 Å². The molecule has 2 heteroatoms. The number of ketones is 1. The summed E-state index contributed by atoms with van der Waals surface area (Å²) in [5.41, 5.74) is 5.32. The van der Waals surface area contributed by atoms with Crippen LogP contribution in [0.5, 0.6) is 0 Å². The van der Waals surface area contributed by atoms with Crippen LogP contribution in [-0.2, 0) is 19.9 Å². The lowest BCUT2D eigenvalue weighted by atomic mass is 10.0. The van der Waals surface area contributed by atoms with Crippen molar-refractivity contribution in [3.8, 4) is 0 Å². The highest BCUT2D eigenvalue weighted by atomic mass is 16.1. The first-order valence-corrected chi connectivity index (χ1v) is 8.94. The van der Waals surface area contributed by atoms with Crippen LogP contribution in [0.15, 0.2) is 84.9 Å². The van der Waals surface area contributed by atoms with E-state index in [-0.39, 0.29) is 5.78 Å². The van der Waals surface area contributed by atoms with Crippen molar-refractivity contribution in [1.82, 2.24) is 4.57 Å². The Morgan fingerprint density at radius 3 is 2.15 bits per heavy atom. The maximum atomic E-state index is 12.5. The molecule has 0 bridgehead atoms. The number of aromatic nitrogens is 1. The number of fused-ring (bicyclic) bond motifs is 1. The highest BCUT2D eigenvalue weighted by Gasteiger charge is 2.09. The Balaban J connectivity index is 1.47. The number of para-hydroxylation sites is 1. The fourth-order valence-electron chi connectivity index (χ4n) is 3.44. The van der Waals surface area contributed by atoms with Gasteiger partial charge < -0.3 is 4.57 Å². The molecule has 0 saturated carbocycles. The molecule has 26 heavy (non-hydrogen) atoms. The highest BCUT2D eigenvalue weighted by Crippen LogP contribution is 2.20. The Hall–Kier alpha value is -3.13. The minimum atomic E-state index is 0.0748. The van der Waals surface area contributed by atoms with Gasteiger partial charge in [-0.25, -0.2) is 0 Å². The third-order valence-corrected chi connectivity index (χ3v) is 4.97. The SMILES string of the molecule is Cn1c(CCc2ccc(C(=O)c3ccccc3)cc2)cc2ccccc21. The molecule has 3 aromatic carbocycles. The summed E-state index contributed by atoms with van der Waals surface area (Å²) in [5.74, 6) is 0.0748. The van der Waals surface area contributed by atoms with Gasteiger partial charge in [0.05, 0.1) is 0 Å². The van der Waals surface area contributed by atoms with Crippen LogP contribution >= 0.6 is 0 Å². The van der Waals surface area contributed by atoms with Gasteiger partial charge in [0.2, 0.25) is 0 Å². The second-order valence-corrected chi connectivity index (χ2v) is 6.65. The largest absolute Gasteiger partial charge is 0.348 e. The molecule has 0 radical (unpaired) electrons. The fraction of sp³-hybridized carbons (Fsp3) is 0.125. The van der Waals surface area contributed by atoms with Crippen molar-refractivity contribution in [1.29, 1.82) is 0 Å². The molecule has 0 atom stereocenters. The van der Waals surface area contributed by atoms with Crippen molar-refractivity contribution < 1.29 is 4.79 Å². The van der Waals surface area contributed by atoms with Crippen molar-refractivity contribution in [2.45, 2.75) is 12.8 Å². The van der Waals surface area contributed by atoms with E-state index in [0.717, 1.165) is 24.0 Å². The molecule has 2 nitrogen and oxygen atoms in total. The van der Waals surface area contributed by atoms with Gasteiger partial charge in [-0.1, -0.05) is 72.8 Å². The van der Waals surface area contributed by atoms with Gasteiger partial charge in [0.15, 0.2) is 5.78 Å². The number of rotatable bonds is 5. The summed E-state index contributed by atoms with van der Waals surface area (Å²) in [6.07, 6.45) is 1.95. The highest BCUT2D eigenvalue weighted by molar-refractivity contribution is 6.08. The number of hydrogen-bond acceptors (Lipinski definition) is 1. The Kier molecular flexibility index (Phi) is 4.40. The number of nitrogens with zero attached hydrogens (tertiary/aromatic N) is 1. The molecule has 4 rings (SSSR count). The summed E-state index contributed by atoms with van der Waals surface area (Å²) < 4.78 is 2.27. The van der Waals surface area contributed by atoms with Crippen LogP contribution < -0.4 is 0 Å². The maximum absolute atomic E-state index is 12.5. The van der Waals surface area contributed by atoms with Gasteiger partial charge in [0.25, 0.3) is 0 Å². The first-order chi connectivity index (χ1) is 12.7. The zero-order valence-electron chi connectivity index (χ0n) is 14.9. The Morgan fingerprint density at radius 1 is 0.769 bits per heavy atom. The van der Waals surface area contributed by atoms with Crippen molar-refractivity contribution in [2.24, 2.45) is 7.05 Å². The lowest BCUT2D eigenvalue weighted by Gasteiger charge is -2.06. The van der Waals surface area contributed by atoms with E-state index in [0.29, 0.717) is 0 Å². The van der Waals surface area contributed by atoms with E-state index in [2.05, 4.69) is 54.1 Å². The van der Waals surface area contributed by atoms with E-state index in [1.165, 1.54) is 22.2 Å². The summed E-state index contributed by atoms with van der Waals surface area (Å²) in [7, 11) is 2.12. The van der Waals surface area contributed by atoms with E-state index >= 15 is 0 Å². The monoisotopic (exact) mass is 339 g/mol. The van der Waals surface area contributed by atoms with Crippen LogP contribution in [0.1, 0.15) is 27.2 Å². The number of carbonyl (C=O) groups excluding carboxylic acids is 1. The van der Waals surface area contributed by atoms with E-state index < -0.39 is 0 Å². The topological polar surface area (TPSA) is 22.0 Å². The van der Waals surface area contributed by atoms with Crippen molar-refractivity contribution in [2.75, 3.05) is 0 Å². The quantitative estimate of drug-likeness (QED) is 0.458. The zero-order chi connectivity index (χ0) is 17.9. The predicted molar refractivity (Wildman–Crippen MR) is 107 cm³/mol. The van der Waals surface area contributed by atoms with E-state index in [1.54, 1.807) is 0 Å². The van der Waals surface area contributed by atoms with Crippen molar-refractivity contribution in [3.63, 3.8) is 0 Å². The molecule has 1 aromatic heterocycles. The average molecular weight is 339 g/mol. The molecular weight excluding hydrogens is 318 g/mol. The summed E-state index contributed by atoms with van der Waals surface area (Å²) in [6, 6.07) is 28.2. The van der Waals surface area contributed by atoms with Gasteiger partial charge in [0.1, 0.15) is 0 Å². The summed E-state index contributed by atoms with van der Waals surface area (Å²) >= 11 is 0. The molecule has 0 fully saturated rings. The maximum Gasteiger partial charge on any atom is 0.193 e. The normalized spacial score (nSPS) is 11.0. The van der Waals surface area contributed by atoms with Gasteiger partial charge in [-0.05, 0) is 35.9 Å². The number of carbonyl (C=O) groups is 1. The molecule has 0 aliphatic carbocycles. The molecule has 4 aromatic rings. The van der Waals surface area contributed by atoms with Gasteiger partial charge in [-0.2, -0.15) is 0 Å². The zero-order valence-corrected chi connectivity index (χ0v) is 14.9. The lowest BCUT2D eigenvalue weighted by molar-refractivity contribution is 0.103. The molecule has 0 unspecified atom stereocenters. The molecule has 0 N–H and O–H groups in total. The van der Waals surface area contributed by atoms with Crippen LogP contribution in [-0.4, -0.2) is 10.4 Å². The van der Waals surface area contributed by atoms with Gasteiger partial charge in [0, 0.05) is 29.4 Å². The minimum Gasteiger partial charge on any atom is -0.348 e. The lowest BCUT2D eigenvalue weighted by Crippen LogP contribution is -2.02. The number of benzene rings is 3. The predicted octanol–water partition coefficient (Wildman–Crippen LogP) is 5.19. The molecule has 0 aliphatic rings. The number of hydrogen-bond donors (Lipinski definition) is 0. The standard InChI is InChI=1S/C24H21NO/c1-25-22(17-21-9-5-6-10-23(21)25)16-13-18-11-14-20(15-12-18)24(26)19-7-3-2-4-8-19/h2-12,14-15,17H,13,16H2,1H3.